The van der Waals surface area contributed by atoms with E-state index >= 15 is 0 Å². The van der Waals surface area contributed by atoms with Gasteiger partial charge in [0.15, 0.2) is 5.16 Å². The molecule has 3 aromatic heterocycles. The number of carbonyl (C=O) groups excluding carboxylic acids is 1. The molecule has 0 aromatic carbocycles. The smallest absolute Gasteiger partial charge is 0.228 e. The molecule has 0 radical (unpaired) electrons. The molecular formula is C31H34N8O2S2. The number of rotatable bonds is 8. The van der Waals surface area contributed by atoms with Crippen LogP contribution in [0.15, 0.2) is 58.6 Å². The van der Waals surface area contributed by atoms with Gasteiger partial charge in [0.05, 0.1) is 11.6 Å². The van der Waals surface area contributed by atoms with Crippen LogP contribution >= 0.6 is 23.1 Å². The minimum atomic E-state index is -0.597. The van der Waals surface area contributed by atoms with E-state index in [2.05, 4.69) is 44.5 Å². The van der Waals surface area contributed by atoms with Crippen molar-refractivity contribution in [3.8, 4) is 11.9 Å². The zero-order valence-corrected chi connectivity index (χ0v) is 25.7. The normalized spacial score (nSPS) is 22.7. The number of nitriles is 1. The molecule has 3 aliphatic rings. The molecule has 1 saturated heterocycles. The van der Waals surface area contributed by atoms with E-state index in [-0.39, 0.29) is 29.6 Å². The average Bonchev–Trinajstić information content (AvgIpc) is 3.59. The van der Waals surface area contributed by atoms with E-state index < -0.39 is 5.41 Å². The van der Waals surface area contributed by atoms with Gasteiger partial charge in [-0.05, 0) is 94.4 Å². The quantitative estimate of drug-likeness (QED) is 0.155. The van der Waals surface area contributed by atoms with Crippen LogP contribution in [0.5, 0.6) is 5.88 Å². The molecule has 1 spiro atoms. The van der Waals surface area contributed by atoms with E-state index in [1.54, 1.807) is 30.6 Å². The predicted molar refractivity (Wildman–Crippen MR) is 166 cm³/mol. The first kappa shape index (κ1) is 29.3. The summed E-state index contributed by atoms with van der Waals surface area (Å²) in [7, 11) is 2.07. The maximum atomic E-state index is 14.3. The number of hydrogen-bond acceptors (Lipinski definition) is 12. The molecule has 12 heteroatoms. The number of ketones is 1. The van der Waals surface area contributed by atoms with Crippen molar-refractivity contribution in [2.24, 2.45) is 5.73 Å². The number of carbonyl (C=O) groups is 1. The second-order valence-corrected chi connectivity index (χ2v) is 13.4. The summed E-state index contributed by atoms with van der Waals surface area (Å²) in [5.74, 6) is -0.0429. The van der Waals surface area contributed by atoms with E-state index in [9.17, 15) is 10.1 Å². The molecule has 1 fully saturated rings. The lowest BCUT2D eigenvalue weighted by Crippen LogP contribution is -2.41. The lowest BCUT2D eigenvalue weighted by molar-refractivity contribution is 0.100. The maximum Gasteiger partial charge on any atom is 0.228 e. The standard InChI is InChI=1S/C31H34N8O2S2/c1-3-21(20-9-6-15-39(20)2)41-23-16-24(43-30-35-13-7-14-36-30)38-29(37-23)26(40)18-8-4-11-31(27(18)33)12-5-10-22-25(31)19(17-32)28(34)42-22/h3,7,13-14,16,20-21H,1,4-6,8-12,15,33-34H2,2H3/t20-,21-,31-/m0/s1. The second kappa shape index (κ2) is 12.1. The highest BCUT2D eigenvalue weighted by atomic mass is 32.2. The molecule has 6 rings (SSSR count). The van der Waals surface area contributed by atoms with Crippen molar-refractivity contribution in [3.63, 3.8) is 0 Å². The number of thiophene rings is 1. The monoisotopic (exact) mass is 614 g/mol. The number of allylic oxidation sites excluding steroid dienone is 2. The van der Waals surface area contributed by atoms with Crippen LogP contribution in [0.1, 0.15) is 71.6 Å². The Morgan fingerprint density at radius 3 is 2.72 bits per heavy atom. The number of nitrogens with two attached hydrogens (primary N) is 2. The molecule has 222 valence electrons. The Morgan fingerprint density at radius 2 is 2.02 bits per heavy atom. The van der Waals surface area contributed by atoms with Crippen LogP contribution in [0.3, 0.4) is 0 Å². The van der Waals surface area contributed by atoms with Gasteiger partial charge >= 0.3 is 0 Å². The number of nitrogens with zero attached hydrogens (tertiary/aromatic N) is 6. The van der Waals surface area contributed by atoms with Crippen LogP contribution in [0.2, 0.25) is 0 Å². The summed E-state index contributed by atoms with van der Waals surface area (Å²) in [6.45, 7) is 4.99. The molecule has 3 aromatic rings. The number of ether oxygens (including phenoxy) is 1. The van der Waals surface area contributed by atoms with Gasteiger partial charge in [-0.15, -0.1) is 11.3 Å². The van der Waals surface area contributed by atoms with Gasteiger partial charge in [0.25, 0.3) is 0 Å². The molecule has 1 aliphatic heterocycles. The summed E-state index contributed by atoms with van der Waals surface area (Å²) >= 11 is 2.70. The highest BCUT2D eigenvalue weighted by molar-refractivity contribution is 7.99. The molecule has 0 amide bonds. The Bertz CT molecular complexity index is 1630. The van der Waals surface area contributed by atoms with Gasteiger partial charge in [-0.3, -0.25) is 9.69 Å². The van der Waals surface area contributed by atoms with Crippen molar-refractivity contribution < 1.29 is 9.53 Å². The lowest BCUT2D eigenvalue weighted by Gasteiger charge is -2.42. The van der Waals surface area contributed by atoms with Gasteiger partial charge in [0.2, 0.25) is 17.5 Å². The zero-order valence-electron chi connectivity index (χ0n) is 24.1. The van der Waals surface area contributed by atoms with Gasteiger partial charge in [-0.1, -0.05) is 6.58 Å². The molecule has 3 atom stereocenters. The summed E-state index contributed by atoms with van der Waals surface area (Å²) in [6, 6.07) is 5.92. The minimum Gasteiger partial charge on any atom is -0.468 e. The molecule has 43 heavy (non-hydrogen) atoms. The third kappa shape index (κ3) is 5.41. The summed E-state index contributed by atoms with van der Waals surface area (Å²) in [4.78, 5) is 35.5. The number of Topliss-reactive ketones (excluding diaryl/α,β-unsaturated/α-hetero) is 1. The molecular weight excluding hydrogens is 581 g/mol. The van der Waals surface area contributed by atoms with Gasteiger partial charge in [-0.25, -0.2) is 15.0 Å². The summed E-state index contributed by atoms with van der Waals surface area (Å²) < 4.78 is 6.38. The maximum absolute atomic E-state index is 14.3. The van der Waals surface area contributed by atoms with E-state index in [1.807, 2.05) is 0 Å². The molecule has 10 nitrogen and oxygen atoms in total. The average molecular weight is 615 g/mol. The number of nitrogen functional groups attached to an aromatic ring is 1. The van der Waals surface area contributed by atoms with Gasteiger partial charge < -0.3 is 16.2 Å². The Morgan fingerprint density at radius 1 is 1.26 bits per heavy atom. The highest BCUT2D eigenvalue weighted by Gasteiger charge is 2.46. The summed E-state index contributed by atoms with van der Waals surface area (Å²) in [6.07, 6.45) is 11.4. The fraction of sp³-hybridized carbons (Fsp3) is 0.419. The predicted octanol–water partition coefficient (Wildman–Crippen LogP) is 4.81. The molecule has 0 saturated carbocycles. The minimum absolute atomic E-state index is 0.00916. The Hall–Kier alpha value is -3.79. The van der Waals surface area contributed by atoms with Crippen molar-refractivity contribution in [1.82, 2.24) is 24.8 Å². The van der Waals surface area contributed by atoms with Gasteiger partial charge in [0.1, 0.15) is 22.2 Å². The Labute approximate surface area is 259 Å². The number of likely N-dealkylation sites (N-methyl/N-ethyl adjacent to an activating group) is 1. The fourth-order valence-corrected chi connectivity index (χ4v) is 8.67. The van der Waals surface area contributed by atoms with E-state index in [1.165, 1.54) is 23.1 Å². The van der Waals surface area contributed by atoms with Crippen LogP contribution < -0.4 is 16.2 Å². The molecule has 4 N–H and O–H groups in total. The van der Waals surface area contributed by atoms with Crippen LogP contribution in [-0.2, 0) is 11.8 Å². The summed E-state index contributed by atoms with van der Waals surface area (Å²) in [5.41, 5.74) is 15.0. The summed E-state index contributed by atoms with van der Waals surface area (Å²) in [5, 5.41) is 11.5. The SMILES string of the molecule is C=C[C@H](Oc1cc(Sc2ncccn2)nc(C(=O)C2=C(N)[C@@]3(CCC2)CCCc2sc(N)c(C#N)c23)n1)[C@@H]1CCCN1C. The first-order valence-corrected chi connectivity index (χ1v) is 16.2. The van der Waals surface area contributed by atoms with Crippen LogP contribution in [0.25, 0.3) is 0 Å². The van der Waals surface area contributed by atoms with Crippen LogP contribution in [0, 0.1) is 11.3 Å². The number of anilines is 1. The number of aryl methyl sites for hydroxylation is 1. The number of likely N-dealkylation sites (tertiary alicyclic amines) is 1. The molecule has 2 aliphatic carbocycles. The van der Waals surface area contributed by atoms with Crippen molar-refractivity contribution in [2.75, 3.05) is 19.3 Å². The zero-order chi connectivity index (χ0) is 30.1. The number of fused-ring (bicyclic) bond motifs is 2. The van der Waals surface area contributed by atoms with E-state index in [0.29, 0.717) is 38.4 Å². The first-order chi connectivity index (χ1) is 20.8. The Kier molecular flexibility index (Phi) is 8.22. The molecule has 0 unspecified atom stereocenters. The highest BCUT2D eigenvalue weighted by Crippen LogP contribution is 2.53. The largest absolute Gasteiger partial charge is 0.468 e. The third-order valence-electron chi connectivity index (χ3n) is 8.82. The number of hydrogen-bond donors (Lipinski definition) is 2. The fourth-order valence-electron chi connectivity index (χ4n) is 6.81. The Balaban J connectivity index is 1.40. The number of aromatic nitrogens is 4. The topological polar surface area (TPSA) is 157 Å². The second-order valence-electron chi connectivity index (χ2n) is 11.3. The van der Waals surface area contributed by atoms with Gasteiger partial charge in [0, 0.05) is 40.0 Å². The van der Waals surface area contributed by atoms with Crippen LogP contribution in [0.4, 0.5) is 5.00 Å². The third-order valence-corrected chi connectivity index (χ3v) is 10.7. The van der Waals surface area contributed by atoms with Crippen molar-refractivity contribution in [2.45, 2.75) is 79.1 Å². The van der Waals surface area contributed by atoms with Crippen molar-refractivity contribution in [3.05, 3.63) is 70.3 Å². The lowest BCUT2D eigenvalue weighted by atomic mass is 9.62. The molecule has 4 heterocycles. The van der Waals surface area contributed by atoms with E-state index in [0.717, 1.165) is 61.9 Å². The van der Waals surface area contributed by atoms with Crippen molar-refractivity contribution >= 4 is 33.9 Å². The molecule has 0 bridgehead atoms. The van der Waals surface area contributed by atoms with E-state index in [4.69, 9.17) is 16.2 Å². The van der Waals surface area contributed by atoms with Crippen molar-refractivity contribution in [1.29, 1.82) is 5.26 Å². The van der Waals surface area contributed by atoms with Gasteiger partial charge in [-0.2, -0.15) is 10.2 Å². The van der Waals surface area contributed by atoms with Crippen LogP contribution in [-0.4, -0.2) is 56.4 Å². The first-order valence-electron chi connectivity index (χ1n) is 14.5.